The number of hydrogen-bond acceptors (Lipinski definition) is 3. The molecule has 2 N–H and O–H groups in total. The van der Waals surface area contributed by atoms with Gasteiger partial charge in [-0.25, -0.2) is 4.99 Å². The highest BCUT2D eigenvalue weighted by atomic mass is 127. The van der Waals surface area contributed by atoms with Crippen molar-refractivity contribution in [3.05, 3.63) is 47.5 Å². The minimum absolute atomic E-state index is 0. The molecule has 0 aliphatic rings. The summed E-state index contributed by atoms with van der Waals surface area (Å²) in [6, 6.07) is 10.8. The van der Waals surface area contributed by atoms with Crippen LogP contribution >= 0.6 is 24.0 Å². The van der Waals surface area contributed by atoms with Gasteiger partial charge in [0.2, 0.25) is 0 Å². The molecule has 1 aromatic heterocycles. The fourth-order valence-electron chi connectivity index (χ4n) is 3.35. The third-order valence-electron chi connectivity index (χ3n) is 5.72. The summed E-state index contributed by atoms with van der Waals surface area (Å²) in [5.41, 5.74) is 1.47. The van der Waals surface area contributed by atoms with Gasteiger partial charge in [0, 0.05) is 25.6 Å². The highest BCUT2D eigenvalue weighted by Gasteiger charge is 2.28. The zero-order chi connectivity index (χ0) is 20.4. The van der Waals surface area contributed by atoms with Crippen molar-refractivity contribution in [1.29, 1.82) is 0 Å². The van der Waals surface area contributed by atoms with E-state index in [1.165, 1.54) is 5.56 Å². The molecule has 2 rings (SSSR count). The van der Waals surface area contributed by atoms with Crippen LogP contribution in [-0.4, -0.2) is 33.8 Å². The Balaban J connectivity index is 0.00000420. The standard InChI is InChI=1S/C22H36N6.HI/c1-6-9-15-23-21(24-16-20-27-26-18(4)28(20)5)25-17-22(7-2,8-3)19-13-11-10-12-14-19;/h10-14H,6-9,15-17H2,1-5H3,(H2,23,24,25);1H. The minimum Gasteiger partial charge on any atom is -0.356 e. The predicted octanol–water partition coefficient (Wildman–Crippen LogP) is 4.33. The third kappa shape index (κ3) is 6.97. The molecule has 0 saturated carbocycles. The van der Waals surface area contributed by atoms with Gasteiger partial charge in [-0.1, -0.05) is 57.5 Å². The first-order valence-electron chi connectivity index (χ1n) is 10.5. The first kappa shape index (κ1) is 25.4. The topological polar surface area (TPSA) is 67.1 Å². The van der Waals surface area contributed by atoms with Gasteiger partial charge in [-0.3, -0.25) is 0 Å². The number of nitrogens with zero attached hydrogens (tertiary/aromatic N) is 4. The Morgan fingerprint density at radius 3 is 2.31 bits per heavy atom. The molecule has 1 aromatic carbocycles. The molecular formula is C22H37IN6. The molecular weight excluding hydrogens is 475 g/mol. The lowest BCUT2D eigenvalue weighted by Gasteiger charge is -2.33. The van der Waals surface area contributed by atoms with Crippen molar-refractivity contribution in [2.45, 2.75) is 65.3 Å². The molecule has 1 heterocycles. The zero-order valence-electron chi connectivity index (χ0n) is 18.5. The molecule has 0 aliphatic heterocycles. The maximum Gasteiger partial charge on any atom is 0.191 e. The summed E-state index contributed by atoms with van der Waals surface area (Å²) in [6.45, 7) is 11.0. The van der Waals surface area contributed by atoms with E-state index in [0.29, 0.717) is 6.54 Å². The number of hydrogen-bond donors (Lipinski definition) is 2. The minimum atomic E-state index is 0. The van der Waals surface area contributed by atoms with Crippen LogP contribution in [0.3, 0.4) is 0 Å². The molecule has 0 amide bonds. The van der Waals surface area contributed by atoms with Crippen LogP contribution in [0.15, 0.2) is 35.3 Å². The molecule has 2 aromatic rings. The molecule has 0 spiro atoms. The van der Waals surface area contributed by atoms with Gasteiger partial charge >= 0.3 is 0 Å². The molecule has 29 heavy (non-hydrogen) atoms. The molecule has 0 fully saturated rings. The van der Waals surface area contributed by atoms with Crippen LogP contribution in [0.5, 0.6) is 0 Å². The number of aryl methyl sites for hydroxylation is 1. The van der Waals surface area contributed by atoms with E-state index in [-0.39, 0.29) is 29.4 Å². The van der Waals surface area contributed by atoms with E-state index in [4.69, 9.17) is 4.99 Å². The largest absolute Gasteiger partial charge is 0.356 e. The van der Waals surface area contributed by atoms with Gasteiger partial charge in [0.05, 0.1) is 0 Å². The van der Waals surface area contributed by atoms with Crippen molar-refractivity contribution in [2.75, 3.05) is 13.1 Å². The quantitative estimate of drug-likeness (QED) is 0.215. The van der Waals surface area contributed by atoms with Crippen LogP contribution in [0.4, 0.5) is 0 Å². The van der Waals surface area contributed by atoms with Crippen LogP contribution in [0.25, 0.3) is 0 Å². The zero-order valence-corrected chi connectivity index (χ0v) is 20.9. The number of nitrogens with one attached hydrogen (secondary N) is 2. The summed E-state index contributed by atoms with van der Waals surface area (Å²) in [5.74, 6) is 2.62. The second-order valence-electron chi connectivity index (χ2n) is 7.37. The molecule has 0 bridgehead atoms. The summed E-state index contributed by atoms with van der Waals surface area (Å²) in [7, 11) is 1.98. The van der Waals surface area contributed by atoms with Crippen LogP contribution in [0.2, 0.25) is 0 Å². The number of benzene rings is 1. The van der Waals surface area contributed by atoms with E-state index in [9.17, 15) is 0 Å². The second-order valence-corrected chi connectivity index (χ2v) is 7.37. The number of rotatable bonds is 10. The molecule has 0 aliphatic carbocycles. The SMILES string of the molecule is CCCCNC(=NCc1nnc(C)n1C)NCC(CC)(CC)c1ccccc1.I. The van der Waals surface area contributed by atoms with E-state index in [0.717, 1.165) is 56.4 Å². The number of aromatic nitrogens is 3. The van der Waals surface area contributed by atoms with Gasteiger partial charge in [-0.15, -0.1) is 34.2 Å². The molecule has 0 radical (unpaired) electrons. The molecule has 0 saturated heterocycles. The highest BCUT2D eigenvalue weighted by molar-refractivity contribution is 14.0. The molecule has 6 nitrogen and oxygen atoms in total. The molecule has 0 atom stereocenters. The number of unbranched alkanes of at least 4 members (excludes halogenated alkanes) is 1. The van der Waals surface area contributed by atoms with Gasteiger partial charge in [-0.05, 0) is 31.7 Å². The Morgan fingerprint density at radius 1 is 1.07 bits per heavy atom. The summed E-state index contributed by atoms with van der Waals surface area (Å²) in [4.78, 5) is 4.78. The van der Waals surface area contributed by atoms with Crippen molar-refractivity contribution in [3.63, 3.8) is 0 Å². The Bertz CT molecular complexity index is 737. The van der Waals surface area contributed by atoms with Gasteiger partial charge in [0.15, 0.2) is 11.8 Å². The first-order chi connectivity index (χ1) is 13.6. The average Bonchev–Trinajstić information content (AvgIpc) is 3.05. The van der Waals surface area contributed by atoms with E-state index >= 15 is 0 Å². The fraction of sp³-hybridized carbons (Fsp3) is 0.591. The lowest BCUT2D eigenvalue weighted by atomic mass is 9.76. The number of halogens is 1. The van der Waals surface area contributed by atoms with Crippen molar-refractivity contribution < 1.29 is 0 Å². The Kier molecular flexibility index (Phi) is 11.2. The van der Waals surface area contributed by atoms with Crippen LogP contribution in [-0.2, 0) is 19.0 Å². The number of aliphatic imine (C=N–C) groups is 1. The van der Waals surface area contributed by atoms with Gasteiger partial charge in [0.25, 0.3) is 0 Å². The summed E-state index contributed by atoms with van der Waals surface area (Å²) >= 11 is 0. The monoisotopic (exact) mass is 512 g/mol. The maximum atomic E-state index is 4.78. The Morgan fingerprint density at radius 2 is 1.76 bits per heavy atom. The predicted molar refractivity (Wildman–Crippen MR) is 132 cm³/mol. The van der Waals surface area contributed by atoms with E-state index in [1.807, 2.05) is 18.5 Å². The Hall–Kier alpha value is -1.64. The van der Waals surface area contributed by atoms with Crippen LogP contribution < -0.4 is 10.6 Å². The van der Waals surface area contributed by atoms with Crippen molar-refractivity contribution in [3.8, 4) is 0 Å². The Labute approximate surface area is 193 Å². The maximum absolute atomic E-state index is 4.78. The third-order valence-corrected chi connectivity index (χ3v) is 5.72. The first-order valence-corrected chi connectivity index (χ1v) is 10.5. The summed E-state index contributed by atoms with van der Waals surface area (Å²) < 4.78 is 1.99. The average molecular weight is 512 g/mol. The van der Waals surface area contributed by atoms with Gasteiger partial charge < -0.3 is 15.2 Å². The molecule has 7 heteroatoms. The smallest absolute Gasteiger partial charge is 0.191 e. The second kappa shape index (κ2) is 12.8. The van der Waals surface area contributed by atoms with E-state index in [2.05, 4.69) is 71.9 Å². The summed E-state index contributed by atoms with van der Waals surface area (Å²) in [6.07, 6.45) is 4.42. The van der Waals surface area contributed by atoms with Crippen LogP contribution in [0, 0.1) is 6.92 Å². The van der Waals surface area contributed by atoms with Crippen molar-refractivity contribution in [1.82, 2.24) is 25.4 Å². The lowest BCUT2D eigenvalue weighted by Crippen LogP contribution is -2.45. The van der Waals surface area contributed by atoms with E-state index in [1.54, 1.807) is 0 Å². The van der Waals surface area contributed by atoms with Gasteiger partial charge in [0.1, 0.15) is 12.4 Å². The lowest BCUT2D eigenvalue weighted by molar-refractivity contribution is 0.389. The van der Waals surface area contributed by atoms with E-state index < -0.39 is 0 Å². The number of guanidine groups is 1. The van der Waals surface area contributed by atoms with Gasteiger partial charge in [-0.2, -0.15) is 0 Å². The summed E-state index contributed by atoms with van der Waals surface area (Å²) in [5, 5.41) is 15.4. The van der Waals surface area contributed by atoms with Crippen LogP contribution in [0.1, 0.15) is 63.7 Å². The molecule has 162 valence electrons. The normalized spacial score (nSPS) is 11.8. The van der Waals surface area contributed by atoms with Crippen molar-refractivity contribution >= 4 is 29.9 Å². The fourth-order valence-corrected chi connectivity index (χ4v) is 3.35. The highest BCUT2D eigenvalue weighted by Crippen LogP contribution is 2.30. The molecule has 0 unspecified atom stereocenters. The van der Waals surface area contributed by atoms with Crippen molar-refractivity contribution in [2.24, 2.45) is 12.0 Å².